The third kappa shape index (κ3) is 3.83. The minimum absolute atomic E-state index is 0.146. The molecule has 0 radical (unpaired) electrons. The lowest BCUT2D eigenvalue weighted by atomic mass is 9.91. The number of nitrogens with one attached hydrogen (secondary N) is 1. The van der Waals surface area contributed by atoms with Gasteiger partial charge >= 0.3 is 46.8 Å². The first-order chi connectivity index (χ1) is 13.9. The van der Waals surface area contributed by atoms with Crippen LogP contribution in [0.25, 0.3) is 0 Å². The first kappa shape index (κ1) is 28.0. The Morgan fingerprint density at radius 1 is 0.688 bits per heavy atom. The van der Waals surface area contributed by atoms with Crippen molar-refractivity contribution in [1.82, 2.24) is 0 Å². The predicted molar refractivity (Wildman–Crippen MR) is 80.3 cm³/mol. The molecular formula is C15H8ClF14NO. The van der Waals surface area contributed by atoms with Crippen LogP contribution < -0.4 is 5.32 Å². The van der Waals surface area contributed by atoms with Crippen molar-refractivity contribution in [3.63, 3.8) is 0 Å². The molecule has 0 saturated carbocycles. The number of para-hydroxylation sites is 1. The lowest BCUT2D eigenvalue weighted by Gasteiger charge is -2.41. The second-order valence-corrected chi connectivity index (χ2v) is 6.69. The average molecular weight is 520 g/mol. The Kier molecular flexibility index (Phi) is 6.83. The van der Waals surface area contributed by atoms with Crippen LogP contribution in [0, 0.1) is 6.92 Å². The van der Waals surface area contributed by atoms with E-state index in [1.807, 2.05) is 0 Å². The molecule has 0 spiro atoms. The Morgan fingerprint density at radius 2 is 1.06 bits per heavy atom. The Labute approximate surface area is 173 Å². The van der Waals surface area contributed by atoms with Gasteiger partial charge in [0.2, 0.25) is 0 Å². The largest absolute Gasteiger partial charge is 0.393 e. The summed E-state index contributed by atoms with van der Waals surface area (Å²) in [6.07, 6.45) is 0. The third-order valence-corrected chi connectivity index (χ3v) is 4.24. The number of rotatable bonds is 8. The molecule has 0 aromatic heterocycles. The quantitative estimate of drug-likeness (QED) is 0.305. The number of benzene rings is 1. The maximum absolute atomic E-state index is 13.8. The molecule has 0 atom stereocenters. The summed E-state index contributed by atoms with van der Waals surface area (Å²) in [5.74, 6) is -50.4. The summed E-state index contributed by atoms with van der Waals surface area (Å²) in [5.41, 5.74) is -0.880. The Hall–Kier alpha value is -2.00. The first-order valence-electron chi connectivity index (χ1n) is 7.62. The maximum atomic E-state index is 13.8. The summed E-state index contributed by atoms with van der Waals surface area (Å²) in [7, 11) is 0. The van der Waals surface area contributed by atoms with Crippen LogP contribution in [0.1, 0.15) is 5.56 Å². The highest BCUT2D eigenvalue weighted by Gasteiger charge is 2.93. The van der Waals surface area contributed by atoms with Gasteiger partial charge in [0.05, 0.1) is 0 Å². The molecule has 0 saturated heterocycles. The highest BCUT2D eigenvalue weighted by atomic mass is 35.5. The molecule has 32 heavy (non-hydrogen) atoms. The lowest BCUT2D eigenvalue weighted by molar-refractivity contribution is -0.431. The molecular weight excluding hydrogens is 512 g/mol. The van der Waals surface area contributed by atoms with E-state index >= 15 is 0 Å². The van der Waals surface area contributed by atoms with Crippen molar-refractivity contribution in [3.8, 4) is 0 Å². The summed E-state index contributed by atoms with van der Waals surface area (Å²) < 4.78 is 186. The summed E-state index contributed by atoms with van der Waals surface area (Å²) in [5, 5.41) is -5.76. The molecule has 0 aliphatic carbocycles. The molecule has 2 nitrogen and oxygen atoms in total. The lowest BCUT2D eigenvalue weighted by Crippen LogP contribution is -2.73. The van der Waals surface area contributed by atoms with E-state index in [0.29, 0.717) is 0 Å². The van der Waals surface area contributed by atoms with E-state index in [1.165, 1.54) is 6.07 Å². The van der Waals surface area contributed by atoms with Crippen LogP contribution in [0.5, 0.6) is 0 Å². The molecule has 1 aromatic carbocycles. The number of alkyl halides is 15. The van der Waals surface area contributed by atoms with Crippen molar-refractivity contribution >= 4 is 23.2 Å². The van der Waals surface area contributed by atoms with E-state index in [-0.39, 0.29) is 5.56 Å². The van der Waals surface area contributed by atoms with Gasteiger partial charge in [0.25, 0.3) is 0 Å². The Balaban J connectivity index is 3.51. The van der Waals surface area contributed by atoms with E-state index in [2.05, 4.69) is 11.6 Å². The van der Waals surface area contributed by atoms with Gasteiger partial charge in [-0.05, 0) is 30.2 Å². The van der Waals surface area contributed by atoms with E-state index in [0.717, 1.165) is 30.4 Å². The zero-order valence-electron chi connectivity index (χ0n) is 14.9. The van der Waals surface area contributed by atoms with Crippen LogP contribution in [0.2, 0.25) is 0 Å². The Morgan fingerprint density at radius 3 is 1.47 bits per heavy atom. The van der Waals surface area contributed by atoms with Crippen molar-refractivity contribution in [2.24, 2.45) is 0 Å². The summed E-state index contributed by atoms with van der Waals surface area (Å²) in [6.45, 7) is 1.07. The van der Waals surface area contributed by atoms with Gasteiger partial charge in [-0.3, -0.25) is 4.79 Å². The fraction of sp³-hybridized carbons (Fsp3) is 0.533. The highest BCUT2D eigenvalue weighted by molar-refractivity contribution is 6.22. The van der Waals surface area contributed by atoms with E-state index in [1.54, 1.807) is 0 Å². The average Bonchev–Trinajstić information content (AvgIpc) is 2.61. The van der Waals surface area contributed by atoms with Crippen molar-refractivity contribution in [2.75, 3.05) is 5.32 Å². The van der Waals surface area contributed by atoms with Gasteiger partial charge in [-0.15, -0.1) is 0 Å². The molecule has 17 heteroatoms. The topological polar surface area (TPSA) is 29.1 Å². The van der Waals surface area contributed by atoms with E-state index in [9.17, 15) is 66.3 Å². The second kappa shape index (κ2) is 7.80. The van der Waals surface area contributed by atoms with Crippen molar-refractivity contribution in [1.29, 1.82) is 0 Å². The van der Waals surface area contributed by atoms with Gasteiger partial charge in [0.1, 0.15) is 0 Å². The summed E-state index contributed by atoms with van der Waals surface area (Å²) in [6, 6.07) is 4.06. The molecule has 1 amide bonds. The molecule has 0 aliphatic rings. The number of carbonyl (C=O) groups excluding carboxylic acids is 1. The molecule has 0 fully saturated rings. The van der Waals surface area contributed by atoms with Gasteiger partial charge in [-0.1, -0.05) is 18.2 Å². The number of hydrogen-bond acceptors (Lipinski definition) is 1. The molecule has 0 heterocycles. The zero-order chi connectivity index (χ0) is 25.8. The van der Waals surface area contributed by atoms with Gasteiger partial charge < -0.3 is 5.32 Å². The van der Waals surface area contributed by atoms with Gasteiger partial charge in [-0.25, -0.2) is 0 Å². The van der Waals surface area contributed by atoms with Crippen LogP contribution >= 0.6 is 11.6 Å². The smallest absolute Gasteiger partial charge is 0.320 e. The number of carbonyl (C=O) groups is 1. The number of halogens is 15. The summed E-state index contributed by atoms with van der Waals surface area (Å²) in [4.78, 5) is 11.4. The fourth-order valence-electron chi connectivity index (χ4n) is 2.02. The zero-order valence-corrected chi connectivity index (χ0v) is 15.6. The molecule has 1 rings (SSSR count). The molecule has 0 unspecified atom stereocenters. The van der Waals surface area contributed by atoms with Crippen LogP contribution in [0.15, 0.2) is 24.3 Å². The van der Waals surface area contributed by atoms with Crippen molar-refractivity contribution < 1.29 is 66.3 Å². The fourth-order valence-corrected chi connectivity index (χ4v) is 2.14. The van der Waals surface area contributed by atoms with Crippen LogP contribution in [0.3, 0.4) is 0 Å². The molecule has 184 valence electrons. The number of anilines is 1. The second-order valence-electron chi connectivity index (χ2n) is 6.21. The van der Waals surface area contributed by atoms with E-state index in [4.69, 9.17) is 0 Å². The standard InChI is InChI=1S/C15H8ClF14NO/c1-6-4-2-3-5-7(6)31-8(32)9(17,18)10(19,20)11(21,22)12(23,24)13(25,26)14(27,28)15(16,29)30/h2-5H,1H3,(H,31,32). The van der Waals surface area contributed by atoms with Gasteiger partial charge in [-0.2, -0.15) is 61.5 Å². The number of hydrogen-bond donors (Lipinski definition) is 1. The summed E-state index contributed by atoms with van der Waals surface area (Å²) >= 11 is 3.48. The third-order valence-electron chi connectivity index (χ3n) is 4.01. The minimum Gasteiger partial charge on any atom is -0.320 e. The van der Waals surface area contributed by atoms with Gasteiger partial charge in [0, 0.05) is 5.69 Å². The Bertz CT molecular complexity index is 864. The van der Waals surface area contributed by atoms with Crippen LogP contribution in [-0.4, -0.2) is 46.8 Å². The minimum atomic E-state index is -8.28. The highest BCUT2D eigenvalue weighted by Crippen LogP contribution is 2.62. The van der Waals surface area contributed by atoms with Gasteiger partial charge in [0.15, 0.2) is 0 Å². The van der Waals surface area contributed by atoms with Crippen LogP contribution in [0.4, 0.5) is 67.2 Å². The first-order valence-corrected chi connectivity index (χ1v) is 7.99. The molecule has 0 bridgehead atoms. The number of amides is 1. The van der Waals surface area contributed by atoms with Crippen molar-refractivity contribution in [2.45, 2.75) is 47.8 Å². The monoisotopic (exact) mass is 519 g/mol. The predicted octanol–water partition coefficient (Wildman–Crippen LogP) is 6.58. The molecule has 0 aliphatic heterocycles. The normalized spacial score (nSPS) is 15.0. The van der Waals surface area contributed by atoms with Crippen LogP contribution in [-0.2, 0) is 4.79 Å². The van der Waals surface area contributed by atoms with E-state index < -0.39 is 52.5 Å². The molecule has 1 N–H and O–H groups in total. The SMILES string of the molecule is Cc1ccccc1NC(=O)C(F)(F)C(F)(F)C(F)(F)C(F)(F)C(F)(F)C(F)(F)C(F)(F)Cl. The molecule has 1 aromatic rings. The van der Waals surface area contributed by atoms with Crippen molar-refractivity contribution in [3.05, 3.63) is 29.8 Å². The number of aryl methyl sites for hydroxylation is 1. The maximum Gasteiger partial charge on any atom is 0.393 e.